The zero-order chi connectivity index (χ0) is 11.9. The predicted octanol–water partition coefficient (Wildman–Crippen LogP) is 3.17. The number of hydrogen-bond acceptors (Lipinski definition) is 2. The van der Waals surface area contributed by atoms with Crippen molar-refractivity contribution in [3.8, 4) is 5.75 Å². The number of hydrogen-bond donors (Lipinski definition) is 1. The molecule has 1 aromatic carbocycles. The normalized spacial score (nSPS) is 16.2. The molecule has 16 heavy (non-hydrogen) atoms. The zero-order valence-corrected chi connectivity index (χ0v) is 8.77. The second kappa shape index (κ2) is 3.57. The van der Waals surface area contributed by atoms with Crippen molar-refractivity contribution < 1.29 is 17.9 Å². The van der Waals surface area contributed by atoms with Crippen molar-refractivity contribution in [2.75, 3.05) is 12.8 Å². The highest BCUT2D eigenvalue weighted by Gasteiger charge is 2.35. The molecule has 0 aliphatic heterocycles. The molecule has 0 heterocycles. The SMILES string of the molecule is COc1cc(C(F)(F)F)cc(C2CC2)c1N. The van der Waals surface area contributed by atoms with Crippen LogP contribution in [-0.2, 0) is 6.18 Å². The van der Waals surface area contributed by atoms with Crippen LogP contribution in [0.25, 0.3) is 0 Å². The highest BCUT2D eigenvalue weighted by molar-refractivity contribution is 5.62. The molecule has 0 saturated heterocycles. The molecule has 0 amide bonds. The minimum atomic E-state index is -4.36. The van der Waals surface area contributed by atoms with Crippen LogP contribution >= 0.6 is 0 Å². The monoisotopic (exact) mass is 231 g/mol. The molecule has 0 unspecified atom stereocenters. The van der Waals surface area contributed by atoms with E-state index in [1.807, 2.05) is 0 Å². The fourth-order valence-electron chi connectivity index (χ4n) is 1.71. The first-order valence-electron chi connectivity index (χ1n) is 4.98. The predicted molar refractivity (Wildman–Crippen MR) is 54.4 cm³/mol. The Kier molecular flexibility index (Phi) is 2.48. The Hall–Kier alpha value is -1.39. The molecule has 1 saturated carbocycles. The lowest BCUT2D eigenvalue weighted by atomic mass is 10.0. The van der Waals surface area contributed by atoms with Crippen molar-refractivity contribution in [3.63, 3.8) is 0 Å². The van der Waals surface area contributed by atoms with E-state index >= 15 is 0 Å². The first-order valence-corrected chi connectivity index (χ1v) is 4.98. The molecule has 0 atom stereocenters. The molecule has 0 radical (unpaired) electrons. The fraction of sp³-hybridized carbons (Fsp3) is 0.455. The van der Waals surface area contributed by atoms with E-state index in [0.717, 1.165) is 25.0 Å². The van der Waals surface area contributed by atoms with Gasteiger partial charge in [0, 0.05) is 0 Å². The molecular weight excluding hydrogens is 219 g/mol. The van der Waals surface area contributed by atoms with Crippen LogP contribution in [0.1, 0.15) is 29.9 Å². The van der Waals surface area contributed by atoms with Gasteiger partial charge in [0.05, 0.1) is 18.4 Å². The third kappa shape index (κ3) is 1.94. The zero-order valence-electron chi connectivity index (χ0n) is 8.77. The van der Waals surface area contributed by atoms with Crippen LogP contribution in [-0.4, -0.2) is 7.11 Å². The van der Waals surface area contributed by atoms with Crippen LogP contribution < -0.4 is 10.5 Å². The lowest BCUT2D eigenvalue weighted by molar-refractivity contribution is -0.137. The Morgan fingerprint density at radius 1 is 1.31 bits per heavy atom. The fourth-order valence-corrected chi connectivity index (χ4v) is 1.71. The van der Waals surface area contributed by atoms with Gasteiger partial charge < -0.3 is 10.5 Å². The summed E-state index contributed by atoms with van der Waals surface area (Å²) in [6, 6.07) is 2.08. The Morgan fingerprint density at radius 3 is 2.38 bits per heavy atom. The van der Waals surface area contributed by atoms with Crippen molar-refractivity contribution in [3.05, 3.63) is 23.3 Å². The van der Waals surface area contributed by atoms with Crippen LogP contribution in [0.3, 0.4) is 0 Å². The third-order valence-corrected chi connectivity index (χ3v) is 2.74. The van der Waals surface area contributed by atoms with Crippen molar-refractivity contribution in [1.82, 2.24) is 0 Å². The molecule has 1 aliphatic carbocycles. The highest BCUT2D eigenvalue weighted by Crippen LogP contribution is 2.47. The summed E-state index contributed by atoms with van der Waals surface area (Å²) in [6.45, 7) is 0. The summed E-state index contributed by atoms with van der Waals surface area (Å²) >= 11 is 0. The lowest BCUT2D eigenvalue weighted by Crippen LogP contribution is -2.08. The maximum Gasteiger partial charge on any atom is 0.416 e. The van der Waals surface area contributed by atoms with Gasteiger partial charge in [-0.15, -0.1) is 0 Å². The smallest absolute Gasteiger partial charge is 0.416 e. The van der Waals surface area contributed by atoms with Gasteiger partial charge in [-0.3, -0.25) is 0 Å². The molecule has 1 fully saturated rings. The number of alkyl halides is 3. The summed E-state index contributed by atoms with van der Waals surface area (Å²) in [4.78, 5) is 0. The van der Waals surface area contributed by atoms with Crippen LogP contribution in [0.5, 0.6) is 5.75 Å². The van der Waals surface area contributed by atoms with Gasteiger partial charge in [0.2, 0.25) is 0 Å². The summed E-state index contributed by atoms with van der Waals surface area (Å²) in [5.41, 5.74) is 5.95. The third-order valence-electron chi connectivity index (χ3n) is 2.74. The number of nitrogen functional groups attached to an aromatic ring is 1. The van der Waals surface area contributed by atoms with Crippen LogP contribution in [0.4, 0.5) is 18.9 Å². The van der Waals surface area contributed by atoms with Gasteiger partial charge in [-0.05, 0) is 36.5 Å². The van der Waals surface area contributed by atoms with Gasteiger partial charge in [0.25, 0.3) is 0 Å². The Balaban J connectivity index is 2.52. The molecular formula is C11H12F3NO. The molecule has 5 heteroatoms. The molecule has 2 N–H and O–H groups in total. The average Bonchev–Trinajstić information content (AvgIpc) is 3.00. The van der Waals surface area contributed by atoms with E-state index in [9.17, 15) is 13.2 Å². The Labute approximate surface area is 91.2 Å². The van der Waals surface area contributed by atoms with Crippen molar-refractivity contribution in [2.45, 2.75) is 24.9 Å². The summed E-state index contributed by atoms with van der Waals surface area (Å²) in [7, 11) is 1.32. The second-order valence-electron chi connectivity index (χ2n) is 3.95. The van der Waals surface area contributed by atoms with Gasteiger partial charge in [-0.1, -0.05) is 0 Å². The molecule has 0 bridgehead atoms. The minimum Gasteiger partial charge on any atom is -0.495 e. The maximum absolute atomic E-state index is 12.6. The van der Waals surface area contributed by atoms with E-state index < -0.39 is 11.7 Å². The number of nitrogens with two attached hydrogens (primary N) is 1. The molecule has 0 aromatic heterocycles. The van der Waals surface area contributed by atoms with E-state index in [1.165, 1.54) is 7.11 Å². The Bertz CT molecular complexity index is 410. The van der Waals surface area contributed by atoms with Crippen molar-refractivity contribution in [1.29, 1.82) is 0 Å². The molecule has 0 spiro atoms. The molecule has 2 nitrogen and oxygen atoms in total. The van der Waals surface area contributed by atoms with Crippen molar-refractivity contribution >= 4 is 5.69 Å². The highest BCUT2D eigenvalue weighted by atomic mass is 19.4. The number of benzene rings is 1. The number of rotatable bonds is 2. The van der Waals surface area contributed by atoms with Gasteiger partial charge in [0.1, 0.15) is 5.75 Å². The van der Waals surface area contributed by atoms with Crippen molar-refractivity contribution in [2.24, 2.45) is 0 Å². The summed E-state index contributed by atoms with van der Waals surface area (Å²) in [5.74, 6) is 0.271. The van der Waals surface area contributed by atoms with Crippen LogP contribution in [0, 0.1) is 0 Å². The largest absolute Gasteiger partial charge is 0.495 e. The average molecular weight is 231 g/mol. The number of halogens is 3. The first-order chi connectivity index (χ1) is 7.43. The Morgan fingerprint density at radius 2 is 1.94 bits per heavy atom. The van der Waals surface area contributed by atoms with E-state index in [-0.39, 0.29) is 11.7 Å². The molecule has 1 aromatic rings. The molecule has 2 rings (SSSR count). The van der Waals surface area contributed by atoms with Gasteiger partial charge in [-0.25, -0.2) is 0 Å². The second-order valence-corrected chi connectivity index (χ2v) is 3.95. The van der Waals surface area contributed by atoms with E-state index in [4.69, 9.17) is 10.5 Å². The summed E-state index contributed by atoms with van der Waals surface area (Å²) in [6.07, 6.45) is -2.56. The van der Waals surface area contributed by atoms with Crippen LogP contribution in [0.2, 0.25) is 0 Å². The standard InChI is InChI=1S/C11H12F3NO/c1-16-9-5-7(11(12,13)14)4-8(10(9)15)6-2-3-6/h4-6H,2-3,15H2,1H3. The van der Waals surface area contributed by atoms with Gasteiger partial charge in [0.15, 0.2) is 0 Å². The quantitative estimate of drug-likeness (QED) is 0.793. The molecule has 88 valence electrons. The number of ether oxygens (including phenoxy) is 1. The first kappa shape index (κ1) is 11.1. The van der Waals surface area contributed by atoms with E-state index in [1.54, 1.807) is 0 Å². The number of anilines is 1. The van der Waals surface area contributed by atoms with Gasteiger partial charge in [-0.2, -0.15) is 13.2 Å². The van der Waals surface area contributed by atoms with E-state index in [0.29, 0.717) is 11.3 Å². The summed E-state index contributed by atoms with van der Waals surface area (Å²) < 4.78 is 42.7. The minimum absolute atomic E-state index is 0.108. The lowest BCUT2D eigenvalue weighted by Gasteiger charge is -2.14. The molecule has 1 aliphatic rings. The topological polar surface area (TPSA) is 35.2 Å². The number of methoxy groups -OCH3 is 1. The van der Waals surface area contributed by atoms with Crippen LogP contribution in [0.15, 0.2) is 12.1 Å². The van der Waals surface area contributed by atoms with Gasteiger partial charge >= 0.3 is 6.18 Å². The summed E-state index contributed by atoms with van der Waals surface area (Å²) in [5, 5.41) is 0. The maximum atomic E-state index is 12.6. The van der Waals surface area contributed by atoms with E-state index in [2.05, 4.69) is 0 Å².